The smallest absolute Gasteiger partial charge is 0.191 e. The molecule has 1 aromatic heterocycles. The van der Waals surface area contributed by atoms with Gasteiger partial charge in [0.1, 0.15) is 12.4 Å². The van der Waals surface area contributed by atoms with E-state index in [0.29, 0.717) is 12.6 Å². The van der Waals surface area contributed by atoms with Crippen LogP contribution in [0.15, 0.2) is 4.99 Å². The first-order valence-corrected chi connectivity index (χ1v) is 9.90. The molecule has 8 nitrogen and oxygen atoms in total. The molecule has 0 radical (unpaired) electrons. The van der Waals surface area contributed by atoms with E-state index >= 15 is 0 Å². The summed E-state index contributed by atoms with van der Waals surface area (Å²) in [7, 11) is 1.98. The molecular formula is C18H34IN7O. The van der Waals surface area contributed by atoms with Crippen LogP contribution < -0.4 is 10.6 Å². The normalized spacial score (nSPS) is 23.4. The second-order valence-electron chi connectivity index (χ2n) is 7.21. The van der Waals surface area contributed by atoms with Gasteiger partial charge in [0, 0.05) is 32.8 Å². The van der Waals surface area contributed by atoms with Gasteiger partial charge < -0.3 is 19.9 Å². The SMILES string of the molecule is CCN1CCCC1CNC(=NCc1nnc(C)n1C)NCC1CCCO1.I. The molecule has 0 amide bonds. The average molecular weight is 491 g/mol. The van der Waals surface area contributed by atoms with E-state index in [1.807, 2.05) is 18.5 Å². The third-order valence-electron chi connectivity index (χ3n) is 5.49. The van der Waals surface area contributed by atoms with E-state index in [9.17, 15) is 0 Å². The lowest BCUT2D eigenvalue weighted by molar-refractivity contribution is 0.113. The average Bonchev–Trinajstić information content (AvgIpc) is 3.38. The van der Waals surface area contributed by atoms with Crippen LogP contribution in [0.2, 0.25) is 0 Å². The van der Waals surface area contributed by atoms with Crippen molar-refractivity contribution in [2.75, 3.05) is 32.8 Å². The Kier molecular flexibility index (Phi) is 9.24. The first-order valence-electron chi connectivity index (χ1n) is 9.90. The van der Waals surface area contributed by atoms with Crippen molar-refractivity contribution in [2.24, 2.45) is 12.0 Å². The Morgan fingerprint density at radius 2 is 2.04 bits per heavy atom. The molecule has 2 fully saturated rings. The van der Waals surface area contributed by atoms with Crippen molar-refractivity contribution >= 4 is 29.9 Å². The summed E-state index contributed by atoms with van der Waals surface area (Å²) in [6.45, 7) is 9.61. The molecule has 2 unspecified atom stereocenters. The van der Waals surface area contributed by atoms with Crippen molar-refractivity contribution in [1.82, 2.24) is 30.3 Å². The number of hydrogen-bond donors (Lipinski definition) is 2. The molecule has 2 N–H and O–H groups in total. The highest BCUT2D eigenvalue weighted by Crippen LogP contribution is 2.15. The number of rotatable bonds is 7. The summed E-state index contributed by atoms with van der Waals surface area (Å²) >= 11 is 0. The number of aryl methyl sites for hydroxylation is 1. The molecule has 2 aliphatic rings. The molecule has 3 rings (SSSR count). The Balaban J connectivity index is 0.00000261. The minimum Gasteiger partial charge on any atom is -0.376 e. The first-order chi connectivity index (χ1) is 12.7. The number of nitrogens with zero attached hydrogens (tertiary/aromatic N) is 5. The van der Waals surface area contributed by atoms with Crippen LogP contribution in [0.4, 0.5) is 0 Å². The standard InChI is InChI=1S/C18H33N7O.HI/c1-4-25-9-5-7-15(25)11-19-18(20-12-16-8-6-10-26-16)21-13-17-23-22-14(2)24(17)3;/h15-16H,4-13H2,1-3H3,(H2,19,20,21);1H. The summed E-state index contributed by atoms with van der Waals surface area (Å²) in [4.78, 5) is 7.28. The van der Waals surface area contributed by atoms with Gasteiger partial charge in [0.05, 0.1) is 6.10 Å². The van der Waals surface area contributed by atoms with E-state index in [-0.39, 0.29) is 30.1 Å². The van der Waals surface area contributed by atoms with Crippen LogP contribution in [0.25, 0.3) is 0 Å². The highest BCUT2D eigenvalue weighted by atomic mass is 127. The highest BCUT2D eigenvalue weighted by Gasteiger charge is 2.23. The Bertz CT molecular complexity index is 601. The molecular weight excluding hydrogens is 457 g/mol. The Labute approximate surface area is 179 Å². The number of aromatic nitrogens is 3. The molecule has 9 heteroatoms. The summed E-state index contributed by atoms with van der Waals surface area (Å²) in [6.07, 6.45) is 5.10. The molecule has 2 atom stereocenters. The third-order valence-corrected chi connectivity index (χ3v) is 5.49. The van der Waals surface area contributed by atoms with E-state index in [0.717, 1.165) is 56.7 Å². The van der Waals surface area contributed by atoms with Gasteiger partial charge in [0.25, 0.3) is 0 Å². The number of guanidine groups is 1. The second kappa shape index (κ2) is 11.2. The van der Waals surface area contributed by atoms with E-state index < -0.39 is 0 Å². The maximum absolute atomic E-state index is 5.72. The van der Waals surface area contributed by atoms with Gasteiger partial charge in [-0.2, -0.15) is 0 Å². The monoisotopic (exact) mass is 491 g/mol. The molecule has 0 aromatic carbocycles. The van der Waals surface area contributed by atoms with E-state index in [4.69, 9.17) is 9.73 Å². The minimum atomic E-state index is 0. The summed E-state index contributed by atoms with van der Waals surface area (Å²) in [5.74, 6) is 2.61. The lowest BCUT2D eigenvalue weighted by Gasteiger charge is -2.24. The Morgan fingerprint density at radius 1 is 1.22 bits per heavy atom. The van der Waals surface area contributed by atoms with Gasteiger partial charge in [-0.1, -0.05) is 6.92 Å². The molecule has 1 aromatic rings. The Hall–Kier alpha value is -0.940. The second-order valence-corrected chi connectivity index (χ2v) is 7.21. The molecule has 3 heterocycles. The van der Waals surface area contributed by atoms with Crippen LogP contribution in [0.3, 0.4) is 0 Å². The molecule has 154 valence electrons. The maximum atomic E-state index is 5.72. The van der Waals surface area contributed by atoms with E-state index in [1.165, 1.54) is 19.4 Å². The fourth-order valence-corrected chi connectivity index (χ4v) is 3.69. The zero-order valence-corrected chi connectivity index (χ0v) is 19.1. The fourth-order valence-electron chi connectivity index (χ4n) is 3.69. The molecule has 0 bridgehead atoms. The van der Waals surface area contributed by atoms with Crippen molar-refractivity contribution in [3.8, 4) is 0 Å². The van der Waals surface area contributed by atoms with Crippen molar-refractivity contribution < 1.29 is 4.74 Å². The zero-order chi connectivity index (χ0) is 18.4. The van der Waals surface area contributed by atoms with E-state index in [2.05, 4.69) is 32.7 Å². The summed E-state index contributed by atoms with van der Waals surface area (Å²) < 4.78 is 7.70. The van der Waals surface area contributed by atoms with Crippen molar-refractivity contribution in [3.63, 3.8) is 0 Å². The Morgan fingerprint density at radius 3 is 2.70 bits per heavy atom. The van der Waals surface area contributed by atoms with Crippen molar-refractivity contribution in [3.05, 3.63) is 11.6 Å². The minimum absolute atomic E-state index is 0. The number of aliphatic imine (C=N–C) groups is 1. The number of likely N-dealkylation sites (N-methyl/N-ethyl adjacent to an activating group) is 1. The van der Waals surface area contributed by atoms with Crippen LogP contribution in [-0.2, 0) is 18.3 Å². The van der Waals surface area contributed by atoms with Gasteiger partial charge in [-0.25, -0.2) is 4.99 Å². The van der Waals surface area contributed by atoms with E-state index in [1.54, 1.807) is 0 Å². The summed E-state index contributed by atoms with van der Waals surface area (Å²) in [6, 6.07) is 0.590. The number of ether oxygens (including phenoxy) is 1. The molecule has 0 aliphatic carbocycles. The number of halogens is 1. The molecule has 0 spiro atoms. The van der Waals surface area contributed by atoms with Crippen LogP contribution in [0, 0.1) is 6.92 Å². The molecule has 27 heavy (non-hydrogen) atoms. The third kappa shape index (κ3) is 6.28. The summed E-state index contributed by atoms with van der Waals surface area (Å²) in [5.41, 5.74) is 0. The van der Waals surface area contributed by atoms with Crippen molar-refractivity contribution in [1.29, 1.82) is 0 Å². The van der Waals surface area contributed by atoms with Gasteiger partial charge in [-0.15, -0.1) is 34.2 Å². The van der Waals surface area contributed by atoms with Crippen molar-refractivity contribution in [2.45, 2.75) is 58.2 Å². The predicted molar refractivity (Wildman–Crippen MR) is 118 cm³/mol. The van der Waals surface area contributed by atoms with Gasteiger partial charge in [-0.3, -0.25) is 4.90 Å². The zero-order valence-electron chi connectivity index (χ0n) is 16.8. The molecule has 2 saturated heterocycles. The van der Waals surface area contributed by atoms with Gasteiger partial charge >= 0.3 is 0 Å². The van der Waals surface area contributed by atoms with Crippen LogP contribution in [0.5, 0.6) is 0 Å². The largest absolute Gasteiger partial charge is 0.376 e. The maximum Gasteiger partial charge on any atom is 0.191 e. The lowest BCUT2D eigenvalue weighted by atomic mass is 10.2. The predicted octanol–water partition coefficient (Wildman–Crippen LogP) is 1.44. The van der Waals surface area contributed by atoms with Gasteiger partial charge in [0.15, 0.2) is 11.8 Å². The number of hydrogen-bond acceptors (Lipinski definition) is 5. The number of nitrogens with one attached hydrogen (secondary N) is 2. The fraction of sp³-hybridized carbons (Fsp3) is 0.833. The van der Waals surface area contributed by atoms with Crippen LogP contribution >= 0.6 is 24.0 Å². The quantitative estimate of drug-likeness (QED) is 0.342. The highest BCUT2D eigenvalue weighted by molar-refractivity contribution is 14.0. The van der Waals surface area contributed by atoms with Gasteiger partial charge in [0.2, 0.25) is 0 Å². The summed E-state index contributed by atoms with van der Waals surface area (Å²) in [5, 5.41) is 15.3. The number of likely N-dealkylation sites (tertiary alicyclic amines) is 1. The van der Waals surface area contributed by atoms with Gasteiger partial charge in [-0.05, 0) is 45.7 Å². The van der Waals surface area contributed by atoms with Crippen LogP contribution in [-0.4, -0.2) is 70.6 Å². The van der Waals surface area contributed by atoms with Crippen LogP contribution in [0.1, 0.15) is 44.3 Å². The topological polar surface area (TPSA) is 79.6 Å². The lowest BCUT2D eigenvalue weighted by Crippen LogP contribution is -2.46. The first kappa shape index (κ1) is 22.4. The molecule has 0 saturated carbocycles. The molecule has 2 aliphatic heterocycles.